The molecule has 1 aliphatic carbocycles. The monoisotopic (exact) mass is 656 g/mol. The van der Waals surface area contributed by atoms with E-state index in [9.17, 15) is 33.9 Å². The Balaban J connectivity index is 1.20. The van der Waals surface area contributed by atoms with Crippen LogP contribution in [0.1, 0.15) is 18.7 Å². The molecule has 20 nitrogen and oxygen atoms in total. The minimum atomic E-state index is -4.99. The lowest BCUT2D eigenvalue weighted by Gasteiger charge is -2.26. The largest absolute Gasteiger partial charge is 0.472 e. The second kappa shape index (κ2) is 10.7. The molecule has 22 heteroatoms. The first kappa shape index (κ1) is 29.6. The Kier molecular flexibility index (Phi) is 7.22. The van der Waals surface area contributed by atoms with E-state index in [4.69, 9.17) is 28.6 Å². The number of nitrogen functional groups attached to an aromatic ring is 1. The molecule has 0 aromatic carbocycles. The van der Waals surface area contributed by atoms with Gasteiger partial charge in [-0.2, -0.15) is 0 Å². The maximum absolute atomic E-state index is 13.2. The van der Waals surface area contributed by atoms with Crippen molar-refractivity contribution in [1.29, 1.82) is 0 Å². The topological polar surface area (TPSA) is 282 Å². The highest BCUT2D eigenvalue weighted by molar-refractivity contribution is 7.47. The first-order valence-corrected chi connectivity index (χ1v) is 16.2. The number of nitrogens with zero attached hydrogens (tertiary/aromatic N) is 6. The van der Waals surface area contributed by atoms with Gasteiger partial charge in [0.15, 0.2) is 17.4 Å². The molecule has 2 aliphatic heterocycles. The quantitative estimate of drug-likeness (QED) is 0.146. The molecule has 3 aliphatic rings. The van der Waals surface area contributed by atoms with Crippen LogP contribution < -0.4 is 11.3 Å². The van der Waals surface area contributed by atoms with Gasteiger partial charge >= 0.3 is 15.6 Å². The molecule has 0 spiro atoms. The number of anilines is 1. The fourth-order valence-electron chi connectivity index (χ4n) is 5.89. The van der Waals surface area contributed by atoms with Crippen molar-refractivity contribution < 1.29 is 52.0 Å². The van der Waals surface area contributed by atoms with Crippen LogP contribution in [0.5, 0.6) is 0 Å². The van der Waals surface area contributed by atoms with Gasteiger partial charge in [0, 0.05) is 12.1 Å². The molecule has 7 N–H and O–H groups in total. The van der Waals surface area contributed by atoms with E-state index in [0.717, 1.165) is 6.33 Å². The number of hydrogen-bond acceptors (Lipinski definition) is 15. The number of imidazole rings is 1. The highest BCUT2D eigenvalue weighted by Gasteiger charge is 2.53. The van der Waals surface area contributed by atoms with E-state index in [0.29, 0.717) is 5.39 Å². The smallest absolute Gasteiger partial charge is 0.390 e. The van der Waals surface area contributed by atoms with Gasteiger partial charge in [-0.25, -0.2) is 29.1 Å². The van der Waals surface area contributed by atoms with E-state index >= 15 is 0 Å². The van der Waals surface area contributed by atoms with Gasteiger partial charge in [-0.3, -0.25) is 22.9 Å². The van der Waals surface area contributed by atoms with Gasteiger partial charge in [-0.15, -0.1) is 0 Å². The standard InChI is InChI=1S/C22H26N8O12P2/c23-18-10-1-2-29(19(10)25-6-24-18)22-15(32)17-12(40-22)5-39-44(36,37)41-16-11(3-9(14(16)31)4-38-43(34,35)42-17)30-8-28-13-20(30)26-7-27-21(13)33/h1-2,6-9,11-12,14-17,22,31-32H,3-5H2,(H,34,35)(H,36,37)(H2,23,24,25)(H,26,27,33)/t9-,11-,12-,14?,15+,16-,17?,22-/m1/s1. The van der Waals surface area contributed by atoms with Crippen molar-refractivity contribution in [3.63, 3.8) is 0 Å². The Morgan fingerprint density at radius 2 is 1.70 bits per heavy atom. The molecule has 4 aromatic heterocycles. The van der Waals surface area contributed by atoms with E-state index < -0.39 is 83.1 Å². The molecule has 3 fully saturated rings. The number of nitrogens with one attached hydrogen (secondary N) is 1. The average Bonchev–Trinajstić information content (AvgIpc) is 3.73. The molecule has 0 amide bonds. The summed E-state index contributed by atoms with van der Waals surface area (Å²) in [6, 6.07) is 0.650. The number of aliphatic hydroxyl groups excluding tert-OH is 2. The molecule has 4 aromatic rings. The lowest BCUT2D eigenvalue weighted by atomic mass is 10.1. The van der Waals surface area contributed by atoms with Crippen LogP contribution in [-0.4, -0.2) is 97.8 Å². The highest BCUT2D eigenvalue weighted by atomic mass is 31.2. The second-order valence-electron chi connectivity index (χ2n) is 10.6. The maximum Gasteiger partial charge on any atom is 0.472 e. The van der Waals surface area contributed by atoms with E-state index in [1.54, 1.807) is 6.07 Å². The molecule has 0 radical (unpaired) electrons. The zero-order valence-electron chi connectivity index (χ0n) is 22.3. The summed E-state index contributed by atoms with van der Waals surface area (Å²) in [7, 11) is -9.93. The van der Waals surface area contributed by atoms with Crippen molar-refractivity contribution in [3.05, 3.63) is 41.6 Å². The Hall–Kier alpha value is -3.13. The molecular formula is C22H26N8O12P2. The van der Waals surface area contributed by atoms with Crippen LogP contribution in [0.3, 0.4) is 0 Å². The molecule has 236 valence electrons. The summed E-state index contributed by atoms with van der Waals surface area (Å²) in [4.78, 5) is 52.2. The Morgan fingerprint density at radius 1 is 0.955 bits per heavy atom. The minimum Gasteiger partial charge on any atom is -0.390 e. The number of rotatable bonds is 2. The van der Waals surface area contributed by atoms with Crippen LogP contribution in [0.15, 0.2) is 36.0 Å². The Bertz CT molecular complexity index is 1880. The Labute approximate surface area is 245 Å². The zero-order valence-corrected chi connectivity index (χ0v) is 24.1. The molecule has 2 saturated heterocycles. The van der Waals surface area contributed by atoms with Crippen molar-refractivity contribution in [2.45, 2.75) is 49.2 Å². The van der Waals surface area contributed by atoms with Crippen molar-refractivity contribution in [3.8, 4) is 0 Å². The third-order valence-electron chi connectivity index (χ3n) is 7.95. The first-order chi connectivity index (χ1) is 20.9. The molecule has 1 saturated carbocycles. The van der Waals surface area contributed by atoms with Crippen LogP contribution in [0.25, 0.3) is 22.2 Å². The number of H-pyrrole nitrogens is 1. The fourth-order valence-corrected chi connectivity index (χ4v) is 7.87. The van der Waals surface area contributed by atoms with Gasteiger partial charge < -0.3 is 44.6 Å². The van der Waals surface area contributed by atoms with Gasteiger partial charge in [0.1, 0.15) is 42.2 Å². The summed E-state index contributed by atoms with van der Waals surface area (Å²) >= 11 is 0. The lowest BCUT2D eigenvalue weighted by molar-refractivity contribution is -0.0550. The van der Waals surface area contributed by atoms with Gasteiger partial charge in [-0.05, 0) is 12.5 Å². The van der Waals surface area contributed by atoms with Gasteiger partial charge in [-0.1, -0.05) is 0 Å². The van der Waals surface area contributed by atoms with Gasteiger partial charge in [0.25, 0.3) is 5.56 Å². The van der Waals surface area contributed by atoms with Crippen molar-refractivity contribution >= 4 is 43.7 Å². The van der Waals surface area contributed by atoms with Gasteiger partial charge in [0.2, 0.25) is 0 Å². The van der Waals surface area contributed by atoms with E-state index in [1.807, 2.05) is 0 Å². The lowest BCUT2D eigenvalue weighted by Crippen LogP contribution is -2.36. The van der Waals surface area contributed by atoms with Crippen molar-refractivity contribution in [2.75, 3.05) is 18.9 Å². The van der Waals surface area contributed by atoms with Crippen LogP contribution in [0.4, 0.5) is 5.82 Å². The number of aromatic amines is 1. The summed E-state index contributed by atoms with van der Waals surface area (Å²) in [5.41, 5.74) is 5.74. The SMILES string of the molecule is Nc1ncnc2c1ccn2[C@@H]1O[C@@H]2COP(=O)(O)O[C@H]3C(O)[C@@H](COP(=O)(O)OC2[C@@H]1O)C[C@H]3n1cnc2c(=O)[nH]cnc21. The summed E-state index contributed by atoms with van der Waals surface area (Å²) in [6.45, 7) is -1.32. The first-order valence-electron chi connectivity index (χ1n) is 13.2. The number of nitrogens with two attached hydrogens (primary N) is 1. The molecule has 10 atom stereocenters. The third-order valence-corrected chi connectivity index (χ3v) is 9.92. The van der Waals surface area contributed by atoms with Crippen LogP contribution in [0.2, 0.25) is 0 Å². The number of ether oxygens (including phenoxy) is 1. The summed E-state index contributed by atoms with van der Waals surface area (Å²) < 4.78 is 56.3. The van der Waals surface area contributed by atoms with Gasteiger partial charge in [0.05, 0.1) is 43.4 Å². The molecule has 6 heterocycles. The predicted molar refractivity (Wildman–Crippen MR) is 144 cm³/mol. The molecule has 44 heavy (non-hydrogen) atoms. The van der Waals surface area contributed by atoms with Crippen LogP contribution >= 0.6 is 15.6 Å². The summed E-state index contributed by atoms with van der Waals surface area (Å²) in [6.07, 6.45) is -3.73. The number of aliphatic hydroxyl groups is 2. The van der Waals surface area contributed by atoms with E-state index in [-0.39, 0.29) is 29.0 Å². The number of hydrogen-bond donors (Lipinski definition) is 6. The molecular weight excluding hydrogens is 630 g/mol. The third kappa shape index (κ3) is 5.07. The number of fused-ring (bicyclic) bond motifs is 5. The molecule has 4 unspecified atom stereocenters. The number of aromatic nitrogens is 7. The zero-order chi connectivity index (χ0) is 31.0. The average molecular weight is 656 g/mol. The number of phosphoric ester groups is 2. The predicted octanol–water partition coefficient (Wildman–Crippen LogP) is -0.655. The fraction of sp³-hybridized carbons (Fsp3) is 0.500. The highest BCUT2D eigenvalue weighted by Crippen LogP contribution is 2.55. The number of phosphoric acid groups is 2. The molecule has 2 bridgehead atoms. The summed E-state index contributed by atoms with van der Waals surface area (Å²) in [5.74, 6) is -0.768. The normalized spacial score (nSPS) is 38.3. The van der Waals surface area contributed by atoms with Crippen LogP contribution in [0, 0.1) is 5.92 Å². The van der Waals surface area contributed by atoms with Crippen molar-refractivity contribution in [2.24, 2.45) is 5.92 Å². The maximum atomic E-state index is 13.2. The van der Waals surface area contributed by atoms with Crippen molar-refractivity contribution in [1.82, 2.24) is 34.1 Å². The van der Waals surface area contributed by atoms with E-state index in [1.165, 1.54) is 28.0 Å². The van der Waals surface area contributed by atoms with E-state index in [2.05, 4.69) is 24.9 Å². The second-order valence-corrected chi connectivity index (χ2v) is 13.4. The van der Waals surface area contributed by atoms with Crippen LogP contribution in [-0.2, 0) is 32.0 Å². The molecule has 7 rings (SSSR count). The minimum absolute atomic E-state index is 0.0165. The Morgan fingerprint density at radius 3 is 2.50 bits per heavy atom. The summed E-state index contributed by atoms with van der Waals surface area (Å²) in [5, 5.41) is 22.7.